The molecule has 0 aliphatic heterocycles. The molecule has 0 fully saturated rings. The smallest absolute Gasteiger partial charge is 0.337 e. The average molecular weight is 246 g/mol. The summed E-state index contributed by atoms with van der Waals surface area (Å²) in [6.07, 6.45) is 5.50. The highest BCUT2D eigenvalue weighted by Gasteiger charge is 2.09. The van der Waals surface area contributed by atoms with Gasteiger partial charge in [-0.2, -0.15) is 5.10 Å². The van der Waals surface area contributed by atoms with E-state index >= 15 is 0 Å². The first-order valence-electron chi connectivity index (χ1n) is 5.56. The molecule has 0 radical (unpaired) electrons. The molecule has 2 rings (SSSR count). The number of anilines is 1. The largest absolute Gasteiger partial charge is 0.478 e. The molecule has 0 unspecified atom stereocenters. The van der Waals surface area contributed by atoms with Gasteiger partial charge in [-0.15, -0.1) is 0 Å². The van der Waals surface area contributed by atoms with E-state index < -0.39 is 5.97 Å². The van der Waals surface area contributed by atoms with Crippen LogP contribution < -0.4 is 5.32 Å². The molecule has 0 bridgehead atoms. The molecule has 6 heteroatoms. The summed E-state index contributed by atoms with van der Waals surface area (Å²) < 4.78 is 1.79. The van der Waals surface area contributed by atoms with Crippen LogP contribution >= 0.6 is 0 Å². The molecular formula is C12H14N4O2. The summed E-state index contributed by atoms with van der Waals surface area (Å²) in [6, 6.07) is 3.41. The first kappa shape index (κ1) is 12.1. The summed E-state index contributed by atoms with van der Waals surface area (Å²) in [7, 11) is 1.88. The van der Waals surface area contributed by atoms with Crippen molar-refractivity contribution in [1.82, 2.24) is 14.8 Å². The fourth-order valence-corrected chi connectivity index (χ4v) is 1.69. The highest BCUT2D eigenvalue weighted by atomic mass is 16.4. The van der Waals surface area contributed by atoms with E-state index in [0.29, 0.717) is 12.2 Å². The number of pyridine rings is 1. The van der Waals surface area contributed by atoms with Crippen LogP contribution in [0.1, 0.15) is 16.1 Å². The summed E-state index contributed by atoms with van der Waals surface area (Å²) in [4.78, 5) is 14.9. The van der Waals surface area contributed by atoms with Crippen molar-refractivity contribution in [3.63, 3.8) is 0 Å². The van der Waals surface area contributed by atoms with Gasteiger partial charge in [0, 0.05) is 38.1 Å². The van der Waals surface area contributed by atoms with Crippen molar-refractivity contribution in [2.75, 3.05) is 11.9 Å². The van der Waals surface area contributed by atoms with Crippen LogP contribution in [-0.4, -0.2) is 32.4 Å². The minimum Gasteiger partial charge on any atom is -0.478 e. The maximum Gasteiger partial charge on any atom is 0.337 e. The number of aromatic carboxylic acids is 1. The number of rotatable bonds is 5. The van der Waals surface area contributed by atoms with Gasteiger partial charge in [-0.25, -0.2) is 4.79 Å². The van der Waals surface area contributed by atoms with Crippen molar-refractivity contribution in [3.8, 4) is 0 Å². The fourth-order valence-electron chi connectivity index (χ4n) is 1.69. The molecule has 2 N–H and O–H groups in total. The Labute approximate surface area is 104 Å². The zero-order valence-corrected chi connectivity index (χ0v) is 10.00. The molecule has 0 aliphatic rings. The Morgan fingerprint density at radius 1 is 1.44 bits per heavy atom. The Balaban J connectivity index is 1.99. The fraction of sp³-hybridized carbons (Fsp3) is 0.250. The SMILES string of the molecule is Cn1nccc1CCNc1cnccc1C(=O)O. The lowest BCUT2D eigenvalue weighted by atomic mass is 10.2. The zero-order valence-electron chi connectivity index (χ0n) is 10.00. The Morgan fingerprint density at radius 2 is 2.28 bits per heavy atom. The molecule has 2 heterocycles. The lowest BCUT2D eigenvalue weighted by Crippen LogP contribution is -2.11. The van der Waals surface area contributed by atoms with Crippen LogP contribution in [-0.2, 0) is 13.5 Å². The lowest BCUT2D eigenvalue weighted by Gasteiger charge is -2.08. The Kier molecular flexibility index (Phi) is 3.57. The average Bonchev–Trinajstić information content (AvgIpc) is 2.76. The van der Waals surface area contributed by atoms with Gasteiger partial charge in [0.2, 0.25) is 0 Å². The molecule has 0 atom stereocenters. The molecule has 2 aromatic heterocycles. The van der Waals surface area contributed by atoms with Crippen LogP contribution in [0.3, 0.4) is 0 Å². The van der Waals surface area contributed by atoms with E-state index in [1.807, 2.05) is 13.1 Å². The molecule has 94 valence electrons. The minimum atomic E-state index is -0.958. The monoisotopic (exact) mass is 246 g/mol. The normalized spacial score (nSPS) is 10.3. The number of hydrogen-bond donors (Lipinski definition) is 2. The summed E-state index contributed by atoms with van der Waals surface area (Å²) in [5, 5.41) is 16.2. The number of aryl methyl sites for hydroxylation is 1. The number of carbonyl (C=O) groups is 1. The van der Waals surface area contributed by atoms with Crippen LogP contribution in [0.15, 0.2) is 30.7 Å². The lowest BCUT2D eigenvalue weighted by molar-refractivity contribution is 0.0698. The molecule has 0 aliphatic carbocycles. The first-order chi connectivity index (χ1) is 8.68. The number of nitrogens with zero attached hydrogens (tertiary/aromatic N) is 3. The van der Waals surface area contributed by atoms with E-state index in [4.69, 9.17) is 5.11 Å². The maximum absolute atomic E-state index is 11.0. The molecule has 0 amide bonds. The molecule has 0 spiro atoms. The predicted octanol–water partition coefficient (Wildman–Crippen LogP) is 1.17. The minimum absolute atomic E-state index is 0.231. The molecule has 0 saturated heterocycles. The Hall–Kier alpha value is -2.37. The number of hydrogen-bond acceptors (Lipinski definition) is 4. The quantitative estimate of drug-likeness (QED) is 0.827. The molecule has 18 heavy (non-hydrogen) atoms. The van der Waals surface area contributed by atoms with Gasteiger partial charge in [0.15, 0.2) is 0 Å². The van der Waals surface area contributed by atoms with Crippen molar-refractivity contribution < 1.29 is 9.90 Å². The van der Waals surface area contributed by atoms with Crippen LogP contribution in [0.2, 0.25) is 0 Å². The van der Waals surface area contributed by atoms with E-state index in [0.717, 1.165) is 12.1 Å². The van der Waals surface area contributed by atoms with Gasteiger partial charge < -0.3 is 10.4 Å². The summed E-state index contributed by atoms with van der Waals surface area (Å²) in [5.74, 6) is -0.958. The van der Waals surface area contributed by atoms with Crippen LogP contribution in [0, 0.1) is 0 Å². The van der Waals surface area contributed by atoms with E-state index in [1.54, 1.807) is 10.9 Å². The van der Waals surface area contributed by atoms with Crippen molar-refractivity contribution in [2.24, 2.45) is 7.05 Å². The van der Waals surface area contributed by atoms with Crippen LogP contribution in [0.25, 0.3) is 0 Å². The second-order valence-corrected chi connectivity index (χ2v) is 3.85. The van der Waals surface area contributed by atoms with Gasteiger partial charge in [-0.3, -0.25) is 9.67 Å². The van der Waals surface area contributed by atoms with Gasteiger partial charge in [0.1, 0.15) is 0 Å². The van der Waals surface area contributed by atoms with Crippen LogP contribution in [0.5, 0.6) is 0 Å². The third kappa shape index (κ3) is 2.65. The van der Waals surface area contributed by atoms with Gasteiger partial charge in [0.25, 0.3) is 0 Å². The van der Waals surface area contributed by atoms with E-state index in [2.05, 4.69) is 15.4 Å². The third-order valence-electron chi connectivity index (χ3n) is 2.67. The van der Waals surface area contributed by atoms with Gasteiger partial charge in [0.05, 0.1) is 17.4 Å². The number of carboxylic acid groups (broad SMARTS) is 1. The maximum atomic E-state index is 11.0. The van der Waals surface area contributed by atoms with E-state index in [-0.39, 0.29) is 5.56 Å². The molecule has 6 nitrogen and oxygen atoms in total. The van der Waals surface area contributed by atoms with Crippen molar-refractivity contribution in [2.45, 2.75) is 6.42 Å². The number of carboxylic acids is 1. The Morgan fingerprint density at radius 3 is 2.94 bits per heavy atom. The van der Waals surface area contributed by atoms with Crippen molar-refractivity contribution in [3.05, 3.63) is 42.0 Å². The van der Waals surface area contributed by atoms with Crippen molar-refractivity contribution in [1.29, 1.82) is 0 Å². The van der Waals surface area contributed by atoms with E-state index in [9.17, 15) is 4.79 Å². The molecular weight excluding hydrogens is 232 g/mol. The van der Waals surface area contributed by atoms with E-state index in [1.165, 1.54) is 18.5 Å². The van der Waals surface area contributed by atoms with Gasteiger partial charge >= 0.3 is 5.97 Å². The topological polar surface area (TPSA) is 80.0 Å². The highest BCUT2D eigenvalue weighted by Crippen LogP contribution is 2.13. The summed E-state index contributed by atoms with van der Waals surface area (Å²) in [5.41, 5.74) is 1.85. The summed E-state index contributed by atoms with van der Waals surface area (Å²) in [6.45, 7) is 0.630. The summed E-state index contributed by atoms with van der Waals surface area (Å²) >= 11 is 0. The molecule has 0 saturated carbocycles. The number of nitrogens with one attached hydrogen (secondary N) is 1. The Bertz CT molecular complexity index is 551. The number of aromatic nitrogens is 3. The molecule has 0 aromatic carbocycles. The standard InChI is InChI=1S/C12H14N4O2/c1-16-9(3-7-15-16)2-6-14-11-8-13-5-4-10(11)12(17)18/h3-5,7-8,14H,2,6H2,1H3,(H,17,18). The van der Waals surface area contributed by atoms with Gasteiger partial charge in [-0.05, 0) is 12.1 Å². The van der Waals surface area contributed by atoms with Crippen molar-refractivity contribution >= 4 is 11.7 Å². The predicted molar refractivity (Wildman–Crippen MR) is 66.6 cm³/mol. The molecule has 2 aromatic rings. The zero-order chi connectivity index (χ0) is 13.0. The second kappa shape index (κ2) is 5.31. The second-order valence-electron chi connectivity index (χ2n) is 3.85. The highest BCUT2D eigenvalue weighted by molar-refractivity contribution is 5.93. The van der Waals surface area contributed by atoms with Crippen LogP contribution in [0.4, 0.5) is 5.69 Å². The third-order valence-corrected chi connectivity index (χ3v) is 2.67. The van der Waals surface area contributed by atoms with Gasteiger partial charge in [-0.1, -0.05) is 0 Å². The first-order valence-corrected chi connectivity index (χ1v) is 5.56.